The van der Waals surface area contributed by atoms with E-state index in [4.69, 9.17) is 4.74 Å². The topological polar surface area (TPSA) is 54.2 Å². The number of nitrogens with one attached hydrogen (secondary N) is 1. The van der Waals surface area contributed by atoms with E-state index in [2.05, 4.69) is 11.8 Å². The highest BCUT2D eigenvalue weighted by molar-refractivity contribution is 5.79. The van der Waals surface area contributed by atoms with Crippen LogP contribution in [0.3, 0.4) is 0 Å². The number of hydrogen-bond acceptors (Lipinski definition) is 3. The van der Waals surface area contributed by atoms with Crippen LogP contribution in [0.15, 0.2) is 18.2 Å². The molecule has 0 radical (unpaired) electrons. The predicted molar refractivity (Wildman–Crippen MR) is 101 cm³/mol. The molecule has 2 fully saturated rings. The van der Waals surface area contributed by atoms with Crippen LogP contribution < -0.4 is 9.64 Å². The number of piperidine rings is 2. The monoisotopic (exact) mass is 361 g/mol. The molecule has 0 unspecified atom stereocenters. The fourth-order valence-corrected chi connectivity index (χ4v) is 4.35. The minimum atomic E-state index is 0.187. The van der Waals surface area contributed by atoms with Gasteiger partial charge in [0.25, 0.3) is 0 Å². The maximum absolute atomic E-state index is 12.8. The number of phenolic OH excluding ortho intramolecular Hbond substituents is 1. The van der Waals surface area contributed by atoms with E-state index < -0.39 is 0 Å². The van der Waals surface area contributed by atoms with E-state index in [1.54, 1.807) is 0 Å². The van der Waals surface area contributed by atoms with Crippen LogP contribution in [0.2, 0.25) is 0 Å². The normalized spacial score (nSPS) is 26.5. The van der Waals surface area contributed by atoms with Crippen LogP contribution in [0.4, 0.5) is 0 Å². The zero-order valence-electron chi connectivity index (χ0n) is 16.2. The first kappa shape index (κ1) is 19.0. The molecule has 1 aromatic carbocycles. The summed E-state index contributed by atoms with van der Waals surface area (Å²) in [5, 5.41) is 10.4. The van der Waals surface area contributed by atoms with Crippen molar-refractivity contribution in [3.8, 4) is 11.5 Å². The number of benzene rings is 1. The van der Waals surface area contributed by atoms with Crippen molar-refractivity contribution in [3.63, 3.8) is 0 Å². The Bertz CT molecular complexity index is 611. The van der Waals surface area contributed by atoms with Crippen molar-refractivity contribution in [2.24, 2.45) is 11.8 Å². The first-order chi connectivity index (χ1) is 12.6. The third-order valence-corrected chi connectivity index (χ3v) is 5.83. The van der Waals surface area contributed by atoms with Crippen LogP contribution in [0, 0.1) is 11.8 Å². The van der Waals surface area contributed by atoms with Crippen LogP contribution >= 0.6 is 0 Å². The average Bonchev–Trinajstić information content (AvgIpc) is 2.65. The molecule has 0 bridgehead atoms. The van der Waals surface area contributed by atoms with Crippen LogP contribution in [0.1, 0.15) is 45.1 Å². The summed E-state index contributed by atoms with van der Waals surface area (Å²) in [5.41, 5.74) is 0.931. The highest BCUT2D eigenvalue weighted by atomic mass is 16.5. The maximum atomic E-state index is 12.8. The maximum Gasteiger partial charge on any atom is 0.226 e. The van der Waals surface area contributed by atoms with Crippen LogP contribution in [0.25, 0.3) is 0 Å². The number of para-hydroxylation sites is 1. The molecule has 5 heteroatoms. The number of hydrogen-bond donors (Lipinski definition) is 2. The summed E-state index contributed by atoms with van der Waals surface area (Å²) in [6.07, 6.45) is 4.29. The average molecular weight is 362 g/mol. The van der Waals surface area contributed by atoms with E-state index in [1.807, 2.05) is 25.1 Å². The first-order valence-electron chi connectivity index (χ1n) is 10.1. The second kappa shape index (κ2) is 8.76. The molecule has 2 heterocycles. The van der Waals surface area contributed by atoms with E-state index >= 15 is 0 Å². The van der Waals surface area contributed by atoms with Crippen molar-refractivity contribution in [1.82, 2.24) is 4.90 Å². The Hall–Kier alpha value is -1.75. The summed E-state index contributed by atoms with van der Waals surface area (Å²) in [6, 6.07) is 5.71. The number of nitrogens with zero attached hydrogens (tertiary/aromatic N) is 1. The number of aromatic hydroxyl groups is 1. The van der Waals surface area contributed by atoms with Crippen LogP contribution in [0.5, 0.6) is 11.5 Å². The Kier molecular flexibility index (Phi) is 6.41. The van der Waals surface area contributed by atoms with Gasteiger partial charge in [-0.3, -0.25) is 4.79 Å². The smallest absolute Gasteiger partial charge is 0.226 e. The van der Waals surface area contributed by atoms with E-state index in [0.717, 1.165) is 57.5 Å². The fourth-order valence-electron chi connectivity index (χ4n) is 4.35. The molecule has 0 saturated carbocycles. The molecule has 1 amide bonds. The molecular weight excluding hydrogens is 328 g/mol. The van der Waals surface area contributed by atoms with Gasteiger partial charge in [0.1, 0.15) is 6.54 Å². The summed E-state index contributed by atoms with van der Waals surface area (Å²) >= 11 is 0. The first-order valence-corrected chi connectivity index (χ1v) is 10.1. The molecule has 144 valence electrons. The van der Waals surface area contributed by atoms with Gasteiger partial charge in [-0.05, 0) is 37.8 Å². The number of likely N-dealkylation sites (tertiary alicyclic amines) is 2. The van der Waals surface area contributed by atoms with Gasteiger partial charge in [0.15, 0.2) is 11.5 Å². The van der Waals surface area contributed by atoms with E-state index in [-0.39, 0.29) is 11.7 Å². The molecule has 1 aromatic rings. The van der Waals surface area contributed by atoms with Crippen molar-refractivity contribution >= 4 is 5.91 Å². The lowest BCUT2D eigenvalue weighted by Gasteiger charge is -2.36. The zero-order chi connectivity index (χ0) is 18.5. The number of rotatable bonds is 5. The molecule has 2 aliphatic heterocycles. The summed E-state index contributed by atoms with van der Waals surface area (Å²) in [6.45, 7) is 9.34. The lowest BCUT2D eigenvalue weighted by molar-refractivity contribution is -0.919. The summed E-state index contributed by atoms with van der Waals surface area (Å²) in [5.74, 6) is 2.03. The predicted octanol–water partition coefficient (Wildman–Crippen LogP) is 1.84. The molecule has 1 atom stereocenters. The summed E-state index contributed by atoms with van der Waals surface area (Å²) in [7, 11) is 0. The quantitative estimate of drug-likeness (QED) is 0.842. The van der Waals surface area contributed by atoms with Gasteiger partial charge in [0.05, 0.1) is 25.3 Å². The number of quaternary nitrogens is 1. The second-order valence-corrected chi connectivity index (χ2v) is 7.93. The number of amides is 1. The lowest BCUT2D eigenvalue weighted by Crippen LogP contribution is -3.11. The van der Waals surface area contributed by atoms with Gasteiger partial charge in [0, 0.05) is 31.8 Å². The molecule has 0 aromatic heterocycles. The third kappa shape index (κ3) is 4.50. The zero-order valence-corrected chi connectivity index (χ0v) is 16.2. The number of ether oxygens (including phenoxy) is 1. The van der Waals surface area contributed by atoms with Gasteiger partial charge in [-0.25, -0.2) is 0 Å². The minimum absolute atomic E-state index is 0.187. The molecule has 0 spiro atoms. The molecular formula is C21H33N2O3+. The molecule has 5 nitrogen and oxygen atoms in total. The molecule has 2 saturated heterocycles. The highest BCUT2D eigenvalue weighted by Gasteiger charge is 2.32. The standard InChI is InChI=1S/C21H32N2O3/c1-3-26-19-8-4-7-18(20(19)24)15-22-12-9-17(10-13-22)21(25)23-11-5-6-16(2)14-23/h4,7-8,16-17,24H,3,5-6,9-15H2,1-2H3/p+1/t16-/m1/s1. The van der Waals surface area contributed by atoms with Crippen LogP contribution in [-0.4, -0.2) is 48.7 Å². The van der Waals surface area contributed by atoms with E-state index in [9.17, 15) is 9.90 Å². The second-order valence-electron chi connectivity index (χ2n) is 7.93. The SMILES string of the molecule is CCOc1cccc(C[NH+]2CCC(C(=O)N3CCC[C@@H](C)C3)CC2)c1O. The number of phenols is 1. The van der Waals surface area contributed by atoms with Gasteiger partial charge >= 0.3 is 0 Å². The van der Waals surface area contributed by atoms with Crippen molar-refractivity contribution < 1.29 is 19.5 Å². The number of carbonyl (C=O) groups is 1. The van der Waals surface area contributed by atoms with Crippen molar-refractivity contribution in [1.29, 1.82) is 0 Å². The van der Waals surface area contributed by atoms with Gasteiger partial charge < -0.3 is 19.6 Å². The van der Waals surface area contributed by atoms with Crippen molar-refractivity contribution in [2.75, 3.05) is 32.8 Å². The molecule has 0 aliphatic carbocycles. The minimum Gasteiger partial charge on any atom is -0.504 e. The molecule has 3 rings (SSSR count). The third-order valence-electron chi connectivity index (χ3n) is 5.83. The Morgan fingerprint density at radius 3 is 2.77 bits per heavy atom. The van der Waals surface area contributed by atoms with E-state index in [0.29, 0.717) is 24.2 Å². The Morgan fingerprint density at radius 2 is 2.08 bits per heavy atom. The Labute approximate surface area is 156 Å². The highest BCUT2D eigenvalue weighted by Crippen LogP contribution is 2.29. The van der Waals surface area contributed by atoms with Crippen molar-refractivity contribution in [3.05, 3.63) is 23.8 Å². The fraction of sp³-hybridized carbons (Fsp3) is 0.667. The van der Waals surface area contributed by atoms with Gasteiger partial charge in [-0.2, -0.15) is 0 Å². The summed E-state index contributed by atoms with van der Waals surface area (Å²) in [4.78, 5) is 16.3. The largest absolute Gasteiger partial charge is 0.504 e. The lowest BCUT2D eigenvalue weighted by atomic mass is 9.92. The van der Waals surface area contributed by atoms with Crippen molar-refractivity contribution in [2.45, 2.75) is 46.1 Å². The Morgan fingerprint density at radius 1 is 1.31 bits per heavy atom. The molecule has 26 heavy (non-hydrogen) atoms. The van der Waals surface area contributed by atoms with Gasteiger partial charge in [-0.15, -0.1) is 0 Å². The number of carbonyl (C=O) groups excluding carboxylic acids is 1. The summed E-state index contributed by atoms with van der Waals surface area (Å²) < 4.78 is 5.48. The Balaban J connectivity index is 1.52. The van der Waals surface area contributed by atoms with E-state index in [1.165, 1.54) is 11.3 Å². The molecule has 2 N–H and O–H groups in total. The van der Waals surface area contributed by atoms with Gasteiger partial charge in [-0.1, -0.05) is 13.0 Å². The van der Waals surface area contributed by atoms with Crippen LogP contribution in [-0.2, 0) is 11.3 Å². The molecule has 2 aliphatic rings. The van der Waals surface area contributed by atoms with Gasteiger partial charge in [0.2, 0.25) is 5.91 Å².